The summed E-state index contributed by atoms with van der Waals surface area (Å²) in [5.74, 6) is 0. The number of aromatic nitrogens is 2. The summed E-state index contributed by atoms with van der Waals surface area (Å²) < 4.78 is 7.42. The van der Waals surface area contributed by atoms with E-state index in [0.717, 1.165) is 25.7 Å². The average molecular weight is 273 g/mol. The van der Waals surface area contributed by atoms with Gasteiger partial charge in [0.2, 0.25) is 0 Å². The van der Waals surface area contributed by atoms with Crippen LogP contribution < -0.4 is 0 Å². The summed E-state index contributed by atoms with van der Waals surface area (Å²) in [5.41, 5.74) is 0.178. The molecule has 5 heteroatoms. The molecule has 2 rings (SSSR count). The summed E-state index contributed by atoms with van der Waals surface area (Å²) in [6, 6.07) is 0. The maximum atomic E-state index is 10.7. The molecule has 1 saturated carbocycles. The molecule has 1 unspecified atom stereocenters. The van der Waals surface area contributed by atoms with Crippen molar-refractivity contribution in [3.8, 4) is 0 Å². The highest BCUT2D eigenvalue weighted by Crippen LogP contribution is 2.42. The summed E-state index contributed by atoms with van der Waals surface area (Å²) >= 11 is 6.16. The highest BCUT2D eigenvalue weighted by Gasteiger charge is 2.42. The number of hydrogen-bond donors (Lipinski definition) is 1. The van der Waals surface area contributed by atoms with Gasteiger partial charge in [0.15, 0.2) is 0 Å². The predicted octanol–water partition coefficient (Wildman–Crippen LogP) is 2.94. The van der Waals surface area contributed by atoms with Gasteiger partial charge in [-0.3, -0.25) is 4.68 Å². The molecule has 1 aromatic heterocycles. The maximum absolute atomic E-state index is 10.7. The van der Waals surface area contributed by atoms with E-state index in [-0.39, 0.29) is 0 Å². The predicted molar refractivity (Wildman–Crippen MR) is 70.7 cm³/mol. The number of aliphatic hydroxyl groups excluding tert-OH is 1. The summed E-state index contributed by atoms with van der Waals surface area (Å²) in [5, 5.41) is 15.4. The number of ether oxygens (including phenoxy) is 1. The lowest BCUT2D eigenvalue weighted by Crippen LogP contribution is -2.41. The molecule has 1 fully saturated rings. The van der Waals surface area contributed by atoms with Crippen LogP contribution in [0.5, 0.6) is 0 Å². The van der Waals surface area contributed by atoms with Gasteiger partial charge in [-0.1, -0.05) is 30.9 Å². The molecule has 0 aliphatic heterocycles. The van der Waals surface area contributed by atoms with Crippen LogP contribution >= 0.6 is 11.6 Å². The van der Waals surface area contributed by atoms with Crippen LogP contribution in [-0.2, 0) is 11.3 Å². The Morgan fingerprint density at radius 2 is 2.17 bits per heavy atom. The van der Waals surface area contributed by atoms with Crippen molar-refractivity contribution in [2.45, 2.75) is 57.3 Å². The van der Waals surface area contributed by atoms with E-state index in [1.54, 1.807) is 18.0 Å². The second-order valence-corrected chi connectivity index (χ2v) is 5.33. The first kappa shape index (κ1) is 13.8. The molecule has 0 radical (unpaired) electrons. The normalized spacial score (nSPS) is 20.9. The number of aliphatic hydroxyl groups is 1. The first-order valence-corrected chi connectivity index (χ1v) is 6.97. The third-order valence-corrected chi connectivity index (χ3v) is 4.29. The number of rotatable bonds is 4. The molecule has 0 amide bonds. The Balaban J connectivity index is 2.33. The van der Waals surface area contributed by atoms with Crippen LogP contribution in [-0.4, -0.2) is 27.6 Å². The Labute approximate surface area is 113 Å². The molecule has 1 aromatic rings. The molecule has 0 saturated heterocycles. The lowest BCUT2D eigenvalue weighted by molar-refractivity contribution is -0.127. The van der Waals surface area contributed by atoms with Crippen molar-refractivity contribution in [2.75, 3.05) is 7.11 Å². The molecule has 0 aromatic carbocycles. The molecule has 1 aliphatic rings. The van der Waals surface area contributed by atoms with Gasteiger partial charge in [-0.2, -0.15) is 5.10 Å². The summed E-state index contributed by atoms with van der Waals surface area (Å²) in [4.78, 5) is 0. The molecule has 1 aliphatic carbocycles. The quantitative estimate of drug-likeness (QED) is 0.917. The van der Waals surface area contributed by atoms with E-state index in [0.29, 0.717) is 17.3 Å². The van der Waals surface area contributed by atoms with Crippen LogP contribution in [0.3, 0.4) is 0 Å². The van der Waals surface area contributed by atoms with Gasteiger partial charge in [-0.25, -0.2) is 0 Å². The monoisotopic (exact) mass is 272 g/mol. The van der Waals surface area contributed by atoms with E-state index in [2.05, 4.69) is 5.10 Å². The van der Waals surface area contributed by atoms with E-state index >= 15 is 0 Å². The van der Waals surface area contributed by atoms with Crippen molar-refractivity contribution in [1.82, 2.24) is 9.78 Å². The zero-order valence-corrected chi connectivity index (χ0v) is 11.8. The third kappa shape index (κ3) is 2.29. The van der Waals surface area contributed by atoms with Gasteiger partial charge >= 0.3 is 0 Å². The molecule has 1 N–H and O–H groups in total. The van der Waals surface area contributed by atoms with Gasteiger partial charge in [0.25, 0.3) is 0 Å². The van der Waals surface area contributed by atoms with Crippen molar-refractivity contribution >= 4 is 11.6 Å². The number of halogens is 1. The zero-order chi connectivity index (χ0) is 13.2. The number of methoxy groups -OCH3 is 1. The summed E-state index contributed by atoms with van der Waals surface area (Å²) in [6.45, 7) is 2.68. The maximum Gasteiger partial charge on any atom is 0.126 e. The average Bonchev–Trinajstić information content (AvgIpc) is 2.79. The van der Waals surface area contributed by atoms with Crippen molar-refractivity contribution in [1.29, 1.82) is 0 Å². The smallest absolute Gasteiger partial charge is 0.126 e. The first-order valence-electron chi connectivity index (χ1n) is 6.59. The number of hydrogen-bond acceptors (Lipinski definition) is 3. The second-order valence-electron chi connectivity index (χ2n) is 4.93. The van der Waals surface area contributed by atoms with Gasteiger partial charge in [-0.05, 0) is 19.8 Å². The Hall–Kier alpha value is -0.580. The van der Waals surface area contributed by atoms with Gasteiger partial charge in [0.05, 0.1) is 22.5 Å². The molecule has 1 atom stereocenters. The van der Waals surface area contributed by atoms with E-state index in [1.807, 2.05) is 6.92 Å². The lowest BCUT2D eigenvalue weighted by atomic mass is 9.79. The largest absolute Gasteiger partial charge is 0.384 e. The van der Waals surface area contributed by atoms with Crippen LogP contribution in [0.2, 0.25) is 5.02 Å². The van der Waals surface area contributed by atoms with Crippen molar-refractivity contribution in [2.24, 2.45) is 0 Å². The van der Waals surface area contributed by atoms with Crippen LogP contribution in [0.15, 0.2) is 6.20 Å². The minimum Gasteiger partial charge on any atom is -0.384 e. The molecular weight excluding hydrogens is 252 g/mol. The number of nitrogens with zero attached hydrogens (tertiary/aromatic N) is 2. The summed E-state index contributed by atoms with van der Waals surface area (Å²) in [6.07, 6.45) is 6.00. The topological polar surface area (TPSA) is 47.3 Å². The molecule has 0 spiro atoms. The molecule has 102 valence electrons. The van der Waals surface area contributed by atoms with Gasteiger partial charge in [0, 0.05) is 13.7 Å². The summed E-state index contributed by atoms with van der Waals surface area (Å²) in [7, 11) is 1.68. The fraction of sp³-hybridized carbons (Fsp3) is 0.769. The first-order chi connectivity index (χ1) is 8.64. The van der Waals surface area contributed by atoms with Crippen LogP contribution in [0.1, 0.15) is 50.8 Å². The van der Waals surface area contributed by atoms with Gasteiger partial charge in [0.1, 0.15) is 6.10 Å². The Bertz CT molecular complexity index is 400. The van der Waals surface area contributed by atoms with Crippen molar-refractivity contribution in [3.05, 3.63) is 16.9 Å². The fourth-order valence-electron chi connectivity index (χ4n) is 2.88. The minimum absolute atomic E-state index is 0.505. The Morgan fingerprint density at radius 3 is 2.72 bits per heavy atom. The highest BCUT2D eigenvalue weighted by molar-refractivity contribution is 6.31. The van der Waals surface area contributed by atoms with Crippen molar-refractivity contribution in [3.63, 3.8) is 0 Å². The lowest BCUT2D eigenvalue weighted by Gasteiger charge is -2.40. The second kappa shape index (κ2) is 5.59. The van der Waals surface area contributed by atoms with Crippen LogP contribution in [0, 0.1) is 0 Å². The third-order valence-electron chi connectivity index (χ3n) is 4.00. The fourth-order valence-corrected chi connectivity index (χ4v) is 3.13. The molecule has 4 nitrogen and oxygen atoms in total. The van der Waals surface area contributed by atoms with E-state index < -0.39 is 11.7 Å². The Morgan fingerprint density at radius 1 is 1.50 bits per heavy atom. The SMILES string of the molecule is CCn1ncc(Cl)c1C(O)C1(OC)CCCCC1. The van der Waals surface area contributed by atoms with E-state index in [1.165, 1.54) is 6.42 Å². The molecule has 18 heavy (non-hydrogen) atoms. The number of aryl methyl sites for hydroxylation is 1. The van der Waals surface area contributed by atoms with Gasteiger partial charge < -0.3 is 9.84 Å². The van der Waals surface area contributed by atoms with Crippen LogP contribution in [0.4, 0.5) is 0 Å². The van der Waals surface area contributed by atoms with E-state index in [9.17, 15) is 5.11 Å². The molecule has 1 heterocycles. The Kier molecular flexibility index (Phi) is 4.30. The highest BCUT2D eigenvalue weighted by atomic mass is 35.5. The van der Waals surface area contributed by atoms with E-state index in [4.69, 9.17) is 16.3 Å². The zero-order valence-electron chi connectivity index (χ0n) is 11.0. The van der Waals surface area contributed by atoms with Gasteiger partial charge in [-0.15, -0.1) is 0 Å². The molecule has 0 bridgehead atoms. The van der Waals surface area contributed by atoms with Crippen LogP contribution in [0.25, 0.3) is 0 Å². The van der Waals surface area contributed by atoms with Crippen molar-refractivity contribution < 1.29 is 9.84 Å². The molecular formula is C13H21ClN2O2. The standard InChI is InChI=1S/C13H21ClN2O2/c1-3-16-11(10(14)9-15-16)12(17)13(18-2)7-5-4-6-8-13/h9,12,17H,3-8H2,1-2H3. The minimum atomic E-state index is -0.710.